The summed E-state index contributed by atoms with van der Waals surface area (Å²) in [5.74, 6) is -0.833. The van der Waals surface area contributed by atoms with Crippen molar-refractivity contribution in [2.24, 2.45) is 0 Å². The molecule has 0 heterocycles. The van der Waals surface area contributed by atoms with Gasteiger partial charge in [-0.3, -0.25) is 4.79 Å². The number of carboxylic acid groups (broad SMARTS) is 1. The third-order valence-corrected chi connectivity index (χ3v) is 3.75. The molecule has 1 N–H and O–H groups in total. The predicted molar refractivity (Wildman–Crippen MR) is 64.9 cm³/mol. The summed E-state index contributed by atoms with van der Waals surface area (Å²) < 4.78 is 23.0. The highest BCUT2D eigenvalue weighted by Crippen LogP contribution is 2.18. The van der Waals surface area contributed by atoms with E-state index in [1.807, 2.05) is 6.07 Å². The van der Waals surface area contributed by atoms with E-state index in [2.05, 4.69) is 0 Å². The second-order valence-corrected chi connectivity index (χ2v) is 6.10. The molecule has 0 aromatic heterocycles. The minimum atomic E-state index is -3.21. The lowest BCUT2D eigenvalue weighted by Crippen LogP contribution is -2.02. The first-order valence-electron chi connectivity index (χ1n) is 5.32. The highest BCUT2D eigenvalue weighted by Gasteiger charge is 2.11. The van der Waals surface area contributed by atoms with Crippen LogP contribution in [-0.2, 0) is 21.1 Å². The lowest BCUT2D eigenvalue weighted by atomic mass is 10.1. The molecule has 0 fully saturated rings. The predicted octanol–water partition coefficient (Wildman–Crippen LogP) is 1.81. The van der Waals surface area contributed by atoms with Crippen LogP contribution in [0.1, 0.15) is 24.0 Å². The second-order valence-electron chi connectivity index (χ2n) is 4.12. The Bertz CT molecular complexity index is 517. The molecule has 0 aliphatic heterocycles. The van der Waals surface area contributed by atoms with Crippen molar-refractivity contribution in [1.29, 1.82) is 0 Å². The molecule has 4 nitrogen and oxygen atoms in total. The molecular formula is C12H16O4S. The molecule has 94 valence electrons. The molecule has 0 aliphatic rings. The van der Waals surface area contributed by atoms with Crippen LogP contribution in [0.4, 0.5) is 0 Å². The van der Waals surface area contributed by atoms with Gasteiger partial charge in [-0.05, 0) is 37.0 Å². The Balaban J connectivity index is 2.86. The van der Waals surface area contributed by atoms with Gasteiger partial charge in [-0.1, -0.05) is 12.1 Å². The van der Waals surface area contributed by atoms with Crippen molar-refractivity contribution in [3.05, 3.63) is 29.3 Å². The number of benzene rings is 1. The van der Waals surface area contributed by atoms with E-state index in [-0.39, 0.29) is 6.42 Å². The summed E-state index contributed by atoms with van der Waals surface area (Å²) in [5, 5.41) is 8.52. The van der Waals surface area contributed by atoms with Crippen LogP contribution in [0.2, 0.25) is 0 Å². The Kier molecular flexibility index (Phi) is 4.28. The zero-order valence-corrected chi connectivity index (χ0v) is 10.8. The SMILES string of the molecule is Cc1ccc(CCCC(=O)O)cc1S(C)(=O)=O. The molecule has 0 saturated heterocycles. The summed E-state index contributed by atoms with van der Waals surface area (Å²) in [5.41, 5.74) is 1.58. The Hall–Kier alpha value is -1.36. The molecule has 0 radical (unpaired) electrons. The highest BCUT2D eigenvalue weighted by molar-refractivity contribution is 7.90. The molecule has 0 aliphatic carbocycles. The maximum Gasteiger partial charge on any atom is 0.303 e. The smallest absolute Gasteiger partial charge is 0.303 e. The first-order valence-corrected chi connectivity index (χ1v) is 7.21. The molecule has 0 spiro atoms. The summed E-state index contributed by atoms with van der Waals surface area (Å²) in [6, 6.07) is 5.23. The number of rotatable bonds is 5. The molecule has 17 heavy (non-hydrogen) atoms. The van der Waals surface area contributed by atoms with Gasteiger partial charge in [0.15, 0.2) is 9.84 Å². The first-order chi connectivity index (χ1) is 7.80. The minimum Gasteiger partial charge on any atom is -0.481 e. The number of carboxylic acids is 1. The van der Waals surface area contributed by atoms with E-state index >= 15 is 0 Å². The fraction of sp³-hybridized carbons (Fsp3) is 0.417. The molecule has 0 amide bonds. The van der Waals surface area contributed by atoms with Crippen molar-refractivity contribution >= 4 is 15.8 Å². The average Bonchev–Trinajstić information content (AvgIpc) is 2.18. The van der Waals surface area contributed by atoms with Gasteiger partial charge in [-0.15, -0.1) is 0 Å². The quantitative estimate of drug-likeness (QED) is 0.872. The van der Waals surface area contributed by atoms with Crippen LogP contribution in [0, 0.1) is 6.92 Å². The Labute approximate surface area is 101 Å². The highest BCUT2D eigenvalue weighted by atomic mass is 32.2. The number of hydrogen-bond donors (Lipinski definition) is 1. The molecule has 5 heteroatoms. The van der Waals surface area contributed by atoms with E-state index in [1.165, 1.54) is 6.26 Å². The Morgan fingerprint density at radius 1 is 1.35 bits per heavy atom. The molecule has 0 unspecified atom stereocenters. The first kappa shape index (κ1) is 13.7. The zero-order valence-electron chi connectivity index (χ0n) is 9.93. The van der Waals surface area contributed by atoms with E-state index in [0.717, 1.165) is 11.1 Å². The molecular weight excluding hydrogens is 240 g/mol. The van der Waals surface area contributed by atoms with Gasteiger partial charge in [0.25, 0.3) is 0 Å². The molecule has 0 saturated carbocycles. The van der Waals surface area contributed by atoms with Crippen LogP contribution in [0.5, 0.6) is 0 Å². The van der Waals surface area contributed by atoms with Gasteiger partial charge in [0, 0.05) is 12.7 Å². The molecule has 1 aromatic carbocycles. The summed E-state index contributed by atoms with van der Waals surface area (Å²) in [6.07, 6.45) is 2.37. The Morgan fingerprint density at radius 2 is 2.00 bits per heavy atom. The average molecular weight is 256 g/mol. The van der Waals surface area contributed by atoms with E-state index in [9.17, 15) is 13.2 Å². The van der Waals surface area contributed by atoms with Crippen LogP contribution in [-0.4, -0.2) is 25.7 Å². The molecule has 1 rings (SSSR count). The Morgan fingerprint density at radius 3 is 2.53 bits per heavy atom. The van der Waals surface area contributed by atoms with Crippen LogP contribution >= 0.6 is 0 Å². The largest absolute Gasteiger partial charge is 0.481 e. The van der Waals surface area contributed by atoms with Crippen molar-refractivity contribution in [2.45, 2.75) is 31.1 Å². The van der Waals surface area contributed by atoms with Crippen LogP contribution in [0.25, 0.3) is 0 Å². The van der Waals surface area contributed by atoms with Crippen LogP contribution < -0.4 is 0 Å². The van der Waals surface area contributed by atoms with E-state index in [1.54, 1.807) is 19.1 Å². The van der Waals surface area contributed by atoms with Crippen molar-refractivity contribution in [3.8, 4) is 0 Å². The van der Waals surface area contributed by atoms with Crippen molar-refractivity contribution < 1.29 is 18.3 Å². The van der Waals surface area contributed by atoms with Gasteiger partial charge >= 0.3 is 5.97 Å². The van der Waals surface area contributed by atoms with Crippen LogP contribution in [0.3, 0.4) is 0 Å². The van der Waals surface area contributed by atoms with Crippen molar-refractivity contribution in [3.63, 3.8) is 0 Å². The van der Waals surface area contributed by atoms with Gasteiger partial charge in [0.05, 0.1) is 4.90 Å². The summed E-state index contributed by atoms with van der Waals surface area (Å²) >= 11 is 0. The third kappa shape index (κ3) is 4.19. The molecule has 0 bridgehead atoms. The van der Waals surface area contributed by atoms with Crippen LogP contribution in [0.15, 0.2) is 23.1 Å². The number of carbonyl (C=O) groups is 1. The van der Waals surface area contributed by atoms with Gasteiger partial charge in [-0.2, -0.15) is 0 Å². The number of sulfone groups is 1. The maximum atomic E-state index is 11.5. The molecule has 1 aromatic rings. The summed E-state index contributed by atoms with van der Waals surface area (Å²) in [7, 11) is -3.21. The van der Waals surface area contributed by atoms with Gasteiger partial charge in [0.1, 0.15) is 0 Å². The van der Waals surface area contributed by atoms with Gasteiger partial charge < -0.3 is 5.11 Å². The number of hydrogen-bond acceptors (Lipinski definition) is 3. The van der Waals surface area contributed by atoms with E-state index in [4.69, 9.17) is 5.11 Å². The minimum absolute atomic E-state index is 0.0993. The second kappa shape index (κ2) is 5.31. The van der Waals surface area contributed by atoms with E-state index < -0.39 is 15.8 Å². The number of aryl methyl sites for hydroxylation is 2. The maximum absolute atomic E-state index is 11.5. The monoisotopic (exact) mass is 256 g/mol. The summed E-state index contributed by atoms with van der Waals surface area (Å²) in [4.78, 5) is 10.7. The normalized spacial score (nSPS) is 11.4. The third-order valence-electron chi connectivity index (χ3n) is 2.51. The number of aliphatic carboxylic acids is 1. The fourth-order valence-electron chi connectivity index (χ4n) is 1.64. The molecule has 0 atom stereocenters. The lowest BCUT2D eigenvalue weighted by molar-refractivity contribution is -0.137. The standard InChI is InChI=1S/C12H16O4S/c1-9-6-7-10(4-3-5-12(13)14)8-11(9)17(2,15)16/h6-8H,3-5H2,1-2H3,(H,13,14). The topological polar surface area (TPSA) is 71.4 Å². The van der Waals surface area contributed by atoms with E-state index in [0.29, 0.717) is 17.7 Å². The summed E-state index contributed by atoms with van der Waals surface area (Å²) in [6.45, 7) is 1.75. The van der Waals surface area contributed by atoms with Gasteiger partial charge in [-0.25, -0.2) is 8.42 Å². The fourth-order valence-corrected chi connectivity index (χ4v) is 2.66. The lowest BCUT2D eigenvalue weighted by Gasteiger charge is -2.06. The van der Waals surface area contributed by atoms with Crippen molar-refractivity contribution in [2.75, 3.05) is 6.26 Å². The zero-order chi connectivity index (χ0) is 13.1. The van der Waals surface area contributed by atoms with Crippen molar-refractivity contribution in [1.82, 2.24) is 0 Å². The van der Waals surface area contributed by atoms with Gasteiger partial charge in [0.2, 0.25) is 0 Å².